The van der Waals surface area contributed by atoms with Crippen molar-refractivity contribution in [1.82, 2.24) is 14.7 Å². The van der Waals surface area contributed by atoms with E-state index in [1.165, 1.54) is 32.1 Å². The fourth-order valence-corrected chi connectivity index (χ4v) is 5.52. The topological polar surface area (TPSA) is 43.9 Å². The smallest absolute Gasteiger partial charge is 0.226 e. The lowest BCUT2D eigenvalue weighted by Gasteiger charge is -2.43. The minimum absolute atomic E-state index is 0.178. The average molecular weight is 376 g/mol. The quantitative estimate of drug-likeness (QED) is 0.759. The molecule has 0 spiro atoms. The molecular formula is C22H37N3O2. The molecule has 2 saturated carbocycles. The van der Waals surface area contributed by atoms with E-state index >= 15 is 0 Å². The fraction of sp³-hybridized carbons (Fsp3) is 0.909. The van der Waals surface area contributed by atoms with Crippen molar-refractivity contribution in [2.45, 2.75) is 82.7 Å². The lowest BCUT2D eigenvalue weighted by molar-refractivity contribution is -0.139. The highest BCUT2D eigenvalue weighted by Crippen LogP contribution is 2.33. The van der Waals surface area contributed by atoms with E-state index < -0.39 is 0 Å². The Morgan fingerprint density at radius 2 is 1.48 bits per heavy atom. The van der Waals surface area contributed by atoms with Crippen LogP contribution in [0.25, 0.3) is 0 Å². The van der Waals surface area contributed by atoms with Crippen LogP contribution in [0.3, 0.4) is 0 Å². The van der Waals surface area contributed by atoms with Crippen molar-refractivity contribution in [2.75, 3.05) is 33.2 Å². The van der Waals surface area contributed by atoms with E-state index in [2.05, 4.69) is 14.7 Å². The molecule has 4 fully saturated rings. The third-order valence-corrected chi connectivity index (χ3v) is 7.49. The highest BCUT2D eigenvalue weighted by atomic mass is 16.2. The molecule has 2 heterocycles. The van der Waals surface area contributed by atoms with Gasteiger partial charge in [0, 0.05) is 44.7 Å². The van der Waals surface area contributed by atoms with Crippen LogP contribution in [0.15, 0.2) is 0 Å². The summed E-state index contributed by atoms with van der Waals surface area (Å²) in [5.74, 6) is 1.30. The summed E-state index contributed by atoms with van der Waals surface area (Å²) >= 11 is 0. The van der Waals surface area contributed by atoms with Crippen molar-refractivity contribution in [3.63, 3.8) is 0 Å². The Bertz CT molecular complexity index is 534. The summed E-state index contributed by atoms with van der Waals surface area (Å²) in [7, 11) is 2.04. The van der Waals surface area contributed by atoms with Gasteiger partial charge >= 0.3 is 0 Å². The fourth-order valence-electron chi connectivity index (χ4n) is 5.52. The van der Waals surface area contributed by atoms with Crippen LogP contribution in [0.1, 0.15) is 70.6 Å². The first-order valence-electron chi connectivity index (χ1n) is 11.4. The zero-order valence-corrected chi connectivity index (χ0v) is 17.1. The van der Waals surface area contributed by atoms with Crippen LogP contribution >= 0.6 is 0 Å². The third-order valence-electron chi connectivity index (χ3n) is 7.49. The average Bonchev–Trinajstić information content (AvgIpc) is 3.58. The molecule has 0 bridgehead atoms. The van der Waals surface area contributed by atoms with E-state index in [0.29, 0.717) is 29.8 Å². The van der Waals surface area contributed by atoms with Crippen LogP contribution in [-0.2, 0) is 9.59 Å². The van der Waals surface area contributed by atoms with Crippen molar-refractivity contribution in [2.24, 2.45) is 11.8 Å². The summed E-state index contributed by atoms with van der Waals surface area (Å²) in [6, 6.07) is 1.03. The molecule has 0 aromatic heterocycles. The van der Waals surface area contributed by atoms with Crippen LogP contribution in [0.2, 0.25) is 0 Å². The number of carbonyl (C=O) groups excluding carboxylic acids is 2. The number of amides is 2. The zero-order chi connectivity index (χ0) is 18.8. The molecule has 2 aliphatic heterocycles. The van der Waals surface area contributed by atoms with Crippen LogP contribution in [0, 0.1) is 11.8 Å². The second-order valence-electron chi connectivity index (χ2n) is 9.41. The van der Waals surface area contributed by atoms with E-state index in [4.69, 9.17) is 0 Å². The van der Waals surface area contributed by atoms with E-state index in [1.807, 2.05) is 7.05 Å². The summed E-state index contributed by atoms with van der Waals surface area (Å²) in [5.41, 5.74) is 0. The maximum Gasteiger partial charge on any atom is 0.226 e. The standard InChI is InChI=1S/C22H37N3O2/c1-23(19-7-3-2-4-8-19)21(26)18-6-5-13-25(16-18)20-11-14-24(15-12-20)22(27)17-9-10-17/h17-20H,2-16H2,1H3/t18-/m0/s1. The highest BCUT2D eigenvalue weighted by Gasteiger charge is 2.37. The van der Waals surface area contributed by atoms with Gasteiger partial charge in [-0.05, 0) is 57.9 Å². The van der Waals surface area contributed by atoms with Crippen molar-refractivity contribution in [3.8, 4) is 0 Å². The van der Waals surface area contributed by atoms with Gasteiger partial charge in [-0.25, -0.2) is 0 Å². The molecule has 27 heavy (non-hydrogen) atoms. The van der Waals surface area contributed by atoms with Gasteiger partial charge in [-0.3, -0.25) is 14.5 Å². The third kappa shape index (κ3) is 4.49. The second-order valence-corrected chi connectivity index (χ2v) is 9.41. The van der Waals surface area contributed by atoms with Crippen molar-refractivity contribution in [3.05, 3.63) is 0 Å². The Morgan fingerprint density at radius 1 is 0.778 bits per heavy atom. The molecule has 1 atom stereocenters. The van der Waals surface area contributed by atoms with E-state index in [1.54, 1.807) is 0 Å². The Morgan fingerprint density at radius 3 is 2.15 bits per heavy atom. The van der Waals surface area contributed by atoms with Crippen molar-refractivity contribution in [1.29, 1.82) is 0 Å². The number of nitrogens with zero attached hydrogens (tertiary/aromatic N) is 3. The first-order valence-corrected chi connectivity index (χ1v) is 11.4. The lowest BCUT2D eigenvalue weighted by atomic mass is 9.90. The van der Waals surface area contributed by atoms with Crippen LogP contribution in [0.4, 0.5) is 0 Å². The molecule has 0 unspecified atom stereocenters. The molecule has 0 aromatic carbocycles. The summed E-state index contributed by atoms with van der Waals surface area (Å²) in [4.78, 5) is 32.1. The van der Waals surface area contributed by atoms with Gasteiger partial charge in [0.25, 0.3) is 0 Å². The minimum Gasteiger partial charge on any atom is -0.342 e. The van der Waals surface area contributed by atoms with Crippen molar-refractivity contribution >= 4 is 11.8 Å². The van der Waals surface area contributed by atoms with Gasteiger partial charge in [0.15, 0.2) is 0 Å². The summed E-state index contributed by atoms with van der Waals surface area (Å²) in [5, 5.41) is 0. The molecule has 4 rings (SSSR count). The number of hydrogen-bond acceptors (Lipinski definition) is 3. The Hall–Kier alpha value is -1.10. The molecule has 0 aromatic rings. The molecule has 2 saturated heterocycles. The number of likely N-dealkylation sites (tertiary alicyclic amines) is 2. The molecular weight excluding hydrogens is 338 g/mol. The van der Waals surface area contributed by atoms with Gasteiger partial charge in [0.2, 0.25) is 11.8 Å². The predicted molar refractivity (Wildman–Crippen MR) is 106 cm³/mol. The van der Waals surface area contributed by atoms with Crippen LogP contribution in [-0.4, -0.2) is 71.8 Å². The largest absolute Gasteiger partial charge is 0.342 e. The SMILES string of the molecule is CN(C(=O)[C@H]1CCCN(C2CCN(C(=O)C3CC3)CC2)C1)C1CCCCC1. The molecule has 0 radical (unpaired) electrons. The normalized spacial score (nSPS) is 28.9. The van der Waals surface area contributed by atoms with Crippen LogP contribution < -0.4 is 0 Å². The lowest BCUT2D eigenvalue weighted by Crippen LogP contribution is -2.52. The molecule has 5 heteroatoms. The number of carbonyl (C=O) groups is 2. The van der Waals surface area contributed by atoms with Crippen molar-refractivity contribution < 1.29 is 9.59 Å². The minimum atomic E-state index is 0.178. The summed E-state index contributed by atoms with van der Waals surface area (Å²) < 4.78 is 0. The first-order chi connectivity index (χ1) is 13.1. The monoisotopic (exact) mass is 375 g/mol. The molecule has 0 N–H and O–H groups in total. The Kier molecular flexibility index (Phi) is 6.05. The predicted octanol–water partition coefficient (Wildman–Crippen LogP) is 2.89. The van der Waals surface area contributed by atoms with Crippen LogP contribution in [0.5, 0.6) is 0 Å². The molecule has 2 aliphatic carbocycles. The Balaban J connectivity index is 1.27. The van der Waals surface area contributed by atoms with Gasteiger partial charge in [0.05, 0.1) is 5.92 Å². The highest BCUT2D eigenvalue weighted by molar-refractivity contribution is 5.81. The summed E-state index contributed by atoms with van der Waals surface area (Å²) in [6.45, 7) is 3.88. The van der Waals surface area contributed by atoms with Gasteiger partial charge in [-0.15, -0.1) is 0 Å². The number of piperidine rings is 2. The zero-order valence-electron chi connectivity index (χ0n) is 17.1. The van der Waals surface area contributed by atoms with E-state index in [-0.39, 0.29) is 5.92 Å². The Labute approximate surface area is 164 Å². The van der Waals surface area contributed by atoms with Gasteiger partial charge < -0.3 is 9.80 Å². The summed E-state index contributed by atoms with van der Waals surface area (Å²) in [6.07, 6.45) is 12.8. The second kappa shape index (κ2) is 8.50. The molecule has 4 aliphatic rings. The maximum atomic E-state index is 13.1. The molecule has 5 nitrogen and oxygen atoms in total. The van der Waals surface area contributed by atoms with Gasteiger partial charge in [-0.2, -0.15) is 0 Å². The molecule has 2 amide bonds. The first kappa shape index (κ1) is 19.2. The number of rotatable bonds is 4. The van der Waals surface area contributed by atoms with E-state index in [9.17, 15) is 9.59 Å². The van der Waals surface area contributed by atoms with Gasteiger partial charge in [0.1, 0.15) is 0 Å². The molecule has 152 valence electrons. The number of hydrogen-bond donors (Lipinski definition) is 0. The van der Waals surface area contributed by atoms with E-state index in [0.717, 1.165) is 64.7 Å². The maximum absolute atomic E-state index is 13.1. The van der Waals surface area contributed by atoms with Gasteiger partial charge in [-0.1, -0.05) is 19.3 Å².